The first-order valence-electron chi connectivity index (χ1n) is 6.03. The molecule has 0 atom stereocenters. The Hall–Kier alpha value is -1.59. The molecule has 0 spiro atoms. The van der Waals surface area contributed by atoms with E-state index >= 15 is 0 Å². The van der Waals surface area contributed by atoms with E-state index in [1.807, 2.05) is 12.1 Å². The van der Waals surface area contributed by atoms with Crippen LogP contribution in [-0.4, -0.2) is 37.0 Å². The van der Waals surface area contributed by atoms with Gasteiger partial charge in [-0.15, -0.1) is 0 Å². The van der Waals surface area contributed by atoms with Crippen LogP contribution in [0.1, 0.15) is 25.7 Å². The molecule has 1 amide bonds. The molecule has 1 heterocycles. The number of nitrogens with zero attached hydrogens (tertiary/aromatic N) is 3. The van der Waals surface area contributed by atoms with Crippen molar-refractivity contribution in [2.24, 2.45) is 5.92 Å². The second kappa shape index (κ2) is 7.65. The van der Waals surface area contributed by atoms with Gasteiger partial charge < -0.3 is 10.2 Å². The summed E-state index contributed by atoms with van der Waals surface area (Å²) in [5, 5.41) is 20.4. The van der Waals surface area contributed by atoms with Crippen molar-refractivity contribution in [3.05, 3.63) is 0 Å². The lowest BCUT2D eigenvalue weighted by Crippen LogP contribution is -2.41. The molecule has 0 aromatic rings. The third-order valence-corrected chi connectivity index (χ3v) is 2.99. The molecule has 0 aromatic heterocycles. The van der Waals surface area contributed by atoms with Crippen molar-refractivity contribution in [1.29, 1.82) is 10.5 Å². The maximum absolute atomic E-state index is 12.2. The molecule has 1 aliphatic heterocycles. The van der Waals surface area contributed by atoms with Gasteiger partial charge in [-0.25, -0.2) is 0 Å². The number of hydrogen-bond acceptors (Lipinski definition) is 4. The van der Waals surface area contributed by atoms with Gasteiger partial charge in [0.2, 0.25) is 5.91 Å². The van der Waals surface area contributed by atoms with E-state index in [9.17, 15) is 4.79 Å². The highest BCUT2D eigenvalue weighted by molar-refractivity contribution is 5.79. The van der Waals surface area contributed by atoms with Gasteiger partial charge >= 0.3 is 0 Å². The number of nitriles is 2. The quantitative estimate of drug-likeness (QED) is 0.757. The Balaban J connectivity index is 2.51. The van der Waals surface area contributed by atoms with Crippen molar-refractivity contribution < 1.29 is 4.79 Å². The van der Waals surface area contributed by atoms with E-state index in [1.54, 1.807) is 4.90 Å². The van der Waals surface area contributed by atoms with Gasteiger partial charge in [0.1, 0.15) is 0 Å². The molecule has 5 nitrogen and oxygen atoms in total. The summed E-state index contributed by atoms with van der Waals surface area (Å²) in [7, 11) is 0. The number of piperidine rings is 1. The molecule has 0 bridgehead atoms. The van der Waals surface area contributed by atoms with Gasteiger partial charge in [-0.1, -0.05) is 0 Å². The molecule has 1 saturated heterocycles. The van der Waals surface area contributed by atoms with Crippen molar-refractivity contribution in [3.8, 4) is 12.1 Å². The smallest absolute Gasteiger partial charge is 0.225 e. The molecule has 0 radical (unpaired) electrons. The average Bonchev–Trinajstić information content (AvgIpc) is 2.39. The zero-order valence-corrected chi connectivity index (χ0v) is 9.98. The highest BCUT2D eigenvalue weighted by Gasteiger charge is 2.25. The monoisotopic (exact) mass is 234 g/mol. The lowest BCUT2D eigenvalue weighted by molar-refractivity contribution is -0.136. The molecular weight excluding hydrogens is 216 g/mol. The molecule has 92 valence electrons. The summed E-state index contributed by atoms with van der Waals surface area (Å²) in [6.45, 7) is 2.64. The highest BCUT2D eigenvalue weighted by Crippen LogP contribution is 2.15. The molecule has 0 saturated carbocycles. The molecule has 1 N–H and O–H groups in total. The van der Waals surface area contributed by atoms with E-state index in [0.717, 1.165) is 25.9 Å². The van der Waals surface area contributed by atoms with Crippen LogP contribution < -0.4 is 5.32 Å². The fraction of sp³-hybridized carbons (Fsp3) is 0.750. The van der Waals surface area contributed by atoms with Crippen LogP contribution in [0.2, 0.25) is 0 Å². The Morgan fingerprint density at radius 3 is 2.18 bits per heavy atom. The average molecular weight is 234 g/mol. The third-order valence-electron chi connectivity index (χ3n) is 2.99. The van der Waals surface area contributed by atoms with Crippen molar-refractivity contribution >= 4 is 5.91 Å². The van der Waals surface area contributed by atoms with Gasteiger partial charge in [0.15, 0.2) is 0 Å². The normalized spacial score (nSPS) is 15.9. The van der Waals surface area contributed by atoms with Gasteiger partial charge in [0.25, 0.3) is 0 Å². The van der Waals surface area contributed by atoms with Crippen LogP contribution in [0.3, 0.4) is 0 Å². The number of carbonyl (C=O) groups is 1. The molecule has 17 heavy (non-hydrogen) atoms. The van der Waals surface area contributed by atoms with Crippen LogP contribution >= 0.6 is 0 Å². The molecule has 1 aliphatic rings. The van der Waals surface area contributed by atoms with Gasteiger partial charge in [0.05, 0.1) is 25.0 Å². The standard InChI is InChI=1S/C12H18N4O/c13-5-1-9-16(10-2-6-14)12(17)11-3-7-15-8-4-11/h11,15H,1-4,7-10H2. The summed E-state index contributed by atoms with van der Waals surface area (Å²) < 4.78 is 0. The Kier molecular flexibility index (Phi) is 6.06. The number of hydrogen-bond donors (Lipinski definition) is 1. The van der Waals surface area contributed by atoms with E-state index in [1.165, 1.54) is 0 Å². The SMILES string of the molecule is N#CCCN(CCC#N)C(=O)C1CCNCC1. The van der Waals surface area contributed by atoms with Crippen molar-refractivity contribution in [2.75, 3.05) is 26.2 Å². The van der Waals surface area contributed by atoms with Crippen LogP contribution in [-0.2, 0) is 4.79 Å². The van der Waals surface area contributed by atoms with Gasteiger partial charge in [0, 0.05) is 19.0 Å². The van der Waals surface area contributed by atoms with Gasteiger partial charge in [-0.3, -0.25) is 4.79 Å². The number of amides is 1. The Morgan fingerprint density at radius 2 is 1.71 bits per heavy atom. The second-order valence-corrected chi connectivity index (χ2v) is 4.17. The van der Waals surface area contributed by atoms with Crippen LogP contribution in [0, 0.1) is 28.6 Å². The molecule has 1 rings (SSSR count). The topological polar surface area (TPSA) is 79.9 Å². The van der Waals surface area contributed by atoms with Crippen LogP contribution in [0.4, 0.5) is 0 Å². The molecule has 0 unspecified atom stereocenters. The fourth-order valence-electron chi connectivity index (χ4n) is 2.03. The first-order valence-corrected chi connectivity index (χ1v) is 6.03. The first kappa shape index (κ1) is 13.5. The zero-order valence-electron chi connectivity index (χ0n) is 9.98. The number of nitrogens with one attached hydrogen (secondary N) is 1. The molecule has 0 aliphatic carbocycles. The first-order chi connectivity index (χ1) is 8.29. The van der Waals surface area contributed by atoms with Crippen molar-refractivity contribution in [2.45, 2.75) is 25.7 Å². The predicted molar refractivity (Wildman–Crippen MR) is 62.6 cm³/mol. The molecular formula is C12H18N4O. The lowest BCUT2D eigenvalue weighted by Gasteiger charge is -2.28. The van der Waals surface area contributed by atoms with Crippen LogP contribution in [0.25, 0.3) is 0 Å². The predicted octanol–water partition coefficient (Wildman–Crippen LogP) is 0.642. The Labute approximate surface area is 102 Å². The summed E-state index contributed by atoms with van der Waals surface area (Å²) in [6.07, 6.45) is 2.38. The summed E-state index contributed by atoms with van der Waals surface area (Å²) in [5.41, 5.74) is 0. The maximum atomic E-state index is 12.2. The Morgan fingerprint density at radius 1 is 1.18 bits per heavy atom. The second-order valence-electron chi connectivity index (χ2n) is 4.17. The lowest BCUT2D eigenvalue weighted by atomic mass is 9.96. The minimum atomic E-state index is 0.0636. The summed E-state index contributed by atoms with van der Waals surface area (Å²) >= 11 is 0. The molecule has 0 aromatic carbocycles. The van der Waals surface area contributed by atoms with E-state index in [0.29, 0.717) is 25.9 Å². The molecule has 5 heteroatoms. The number of rotatable bonds is 5. The maximum Gasteiger partial charge on any atom is 0.225 e. The highest BCUT2D eigenvalue weighted by atomic mass is 16.2. The number of carbonyl (C=O) groups excluding carboxylic acids is 1. The Bertz CT molecular complexity index is 304. The van der Waals surface area contributed by atoms with Gasteiger partial charge in [-0.05, 0) is 25.9 Å². The summed E-state index contributed by atoms with van der Waals surface area (Å²) in [4.78, 5) is 13.9. The summed E-state index contributed by atoms with van der Waals surface area (Å²) in [5.74, 6) is 0.172. The van der Waals surface area contributed by atoms with Crippen molar-refractivity contribution in [3.63, 3.8) is 0 Å². The van der Waals surface area contributed by atoms with E-state index in [-0.39, 0.29) is 11.8 Å². The minimum Gasteiger partial charge on any atom is -0.340 e. The largest absolute Gasteiger partial charge is 0.340 e. The zero-order chi connectivity index (χ0) is 12.5. The van der Waals surface area contributed by atoms with Crippen LogP contribution in [0.5, 0.6) is 0 Å². The van der Waals surface area contributed by atoms with E-state index in [4.69, 9.17) is 10.5 Å². The third kappa shape index (κ3) is 4.42. The van der Waals surface area contributed by atoms with Crippen molar-refractivity contribution in [1.82, 2.24) is 10.2 Å². The molecule has 1 fully saturated rings. The van der Waals surface area contributed by atoms with E-state index in [2.05, 4.69) is 5.32 Å². The van der Waals surface area contributed by atoms with Gasteiger partial charge in [-0.2, -0.15) is 10.5 Å². The summed E-state index contributed by atoms with van der Waals surface area (Å²) in [6, 6.07) is 4.09. The van der Waals surface area contributed by atoms with E-state index < -0.39 is 0 Å². The fourth-order valence-corrected chi connectivity index (χ4v) is 2.03. The minimum absolute atomic E-state index is 0.0636. The van der Waals surface area contributed by atoms with Crippen LogP contribution in [0.15, 0.2) is 0 Å².